The Hall–Kier alpha value is -3.12. The molecule has 0 aliphatic rings. The number of ether oxygens (including phenoxy) is 1. The van der Waals surface area contributed by atoms with Gasteiger partial charge in [0.15, 0.2) is 0 Å². The number of carbonyl (C=O) groups excluding carboxylic acids is 2. The Morgan fingerprint density at radius 1 is 1.11 bits per heavy atom. The van der Waals surface area contributed by atoms with E-state index in [1.165, 1.54) is 0 Å². The van der Waals surface area contributed by atoms with E-state index in [9.17, 15) is 9.59 Å². The van der Waals surface area contributed by atoms with Crippen molar-refractivity contribution in [3.8, 4) is 0 Å². The molecule has 1 unspecified atom stereocenters. The predicted molar refractivity (Wildman–Crippen MR) is 103 cm³/mol. The molecule has 1 aromatic heterocycles. The molecule has 0 bridgehead atoms. The van der Waals surface area contributed by atoms with Crippen molar-refractivity contribution in [2.75, 3.05) is 0 Å². The van der Waals surface area contributed by atoms with Crippen LogP contribution in [0.3, 0.4) is 0 Å². The molecule has 0 radical (unpaired) electrons. The van der Waals surface area contributed by atoms with E-state index in [1.54, 1.807) is 12.1 Å². The summed E-state index contributed by atoms with van der Waals surface area (Å²) in [5.41, 5.74) is 7.36. The second-order valence-corrected chi connectivity index (χ2v) is 6.33. The van der Waals surface area contributed by atoms with Crippen LogP contribution < -0.4 is 11.1 Å². The maximum atomic E-state index is 12.3. The molecule has 27 heavy (non-hydrogen) atoms. The minimum absolute atomic E-state index is 0.00637. The van der Waals surface area contributed by atoms with Crippen LogP contribution in [0, 0.1) is 0 Å². The van der Waals surface area contributed by atoms with Gasteiger partial charge in [-0.3, -0.25) is 4.79 Å². The van der Waals surface area contributed by atoms with Crippen LogP contribution in [0.15, 0.2) is 60.7 Å². The van der Waals surface area contributed by atoms with Crippen molar-refractivity contribution >= 4 is 34.5 Å². The number of para-hydroxylation sites is 1. The Kier molecular flexibility index (Phi) is 5.88. The zero-order chi connectivity index (χ0) is 19.2. The fourth-order valence-electron chi connectivity index (χ4n) is 2.73. The number of nitrogens with two attached hydrogens (primary N) is 1. The Bertz CT molecular complexity index is 963. The number of nitrogens with zero attached hydrogens (tertiary/aromatic N) is 1. The molecule has 3 N–H and O–H groups in total. The van der Waals surface area contributed by atoms with Gasteiger partial charge in [-0.05, 0) is 17.7 Å². The maximum absolute atomic E-state index is 12.3. The number of rotatable bonds is 6. The van der Waals surface area contributed by atoms with Gasteiger partial charge in [-0.25, -0.2) is 9.78 Å². The van der Waals surface area contributed by atoms with Crippen molar-refractivity contribution in [3.05, 3.63) is 76.9 Å². The second kappa shape index (κ2) is 8.51. The smallest absolute Gasteiger partial charge is 0.312 e. The summed E-state index contributed by atoms with van der Waals surface area (Å²) in [6.45, 7) is -0.00637. The van der Waals surface area contributed by atoms with E-state index in [0.29, 0.717) is 5.56 Å². The van der Waals surface area contributed by atoms with E-state index >= 15 is 0 Å². The highest BCUT2D eigenvalue weighted by Crippen LogP contribution is 2.22. The molecule has 2 amide bonds. The molecule has 0 aliphatic carbocycles. The molecule has 2 aromatic carbocycles. The largest absolute Gasteiger partial charge is 0.461 e. The first-order chi connectivity index (χ1) is 13.0. The Labute approximate surface area is 161 Å². The highest BCUT2D eigenvalue weighted by Gasteiger charge is 2.18. The number of urea groups is 1. The molecule has 3 rings (SSSR count). The molecule has 1 heterocycles. The molecule has 0 aliphatic heterocycles. The fraction of sp³-hybridized carbons (Fsp3) is 0.150. The summed E-state index contributed by atoms with van der Waals surface area (Å²) in [6, 6.07) is 17.2. The van der Waals surface area contributed by atoms with E-state index in [0.717, 1.165) is 16.5 Å². The fourth-order valence-corrected chi connectivity index (χ4v) is 2.93. The molecule has 6 nitrogen and oxygen atoms in total. The first-order valence-electron chi connectivity index (χ1n) is 8.33. The molecule has 0 saturated carbocycles. The molecule has 1 atom stereocenters. The van der Waals surface area contributed by atoms with Gasteiger partial charge in [0.05, 0.1) is 18.0 Å². The van der Waals surface area contributed by atoms with Crippen molar-refractivity contribution in [1.82, 2.24) is 10.3 Å². The number of carbonyl (C=O) groups is 2. The number of amides is 2. The molecule has 138 valence electrons. The average Bonchev–Trinajstić information content (AvgIpc) is 2.66. The van der Waals surface area contributed by atoms with Gasteiger partial charge in [0.1, 0.15) is 11.8 Å². The molecule has 3 aromatic rings. The Balaban J connectivity index is 1.67. The number of pyridine rings is 1. The normalized spacial score (nSPS) is 11.7. The lowest BCUT2D eigenvalue weighted by Gasteiger charge is -2.17. The second-order valence-electron chi connectivity index (χ2n) is 5.97. The van der Waals surface area contributed by atoms with Crippen molar-refractivity contribution in [2.45, 2.75) is 19.1 Å². The lowest BCUT2D eigenvalue weighted by Crippen LogP contribution is -2.34. The van der Waals surface area contributed by atoms with Gasteiger partial charge in [0.25, 0.3) is 0 Å². The van der Waals surface area contributed by atoms with E-state index in [4.69, 9.17) is 22.1 Å². The van der Waals surface area contributed by atoms with Gasteiger partial charge in [0, 0.05) is 10.9 Å². The minimum Gasteiger partial charge on any atom is -0.461 e. The zero-order valence-corrected chi connectivity index (χ0v) is 15.1. The quantitative estimate of drug-likeness (QED) is 0.501. The molecular formula is C20H18ClN3O3. The third-order valence-electron chi connectivity index (χ3n) is 4.03. The summed E-state index contributed by atoms with van der Waals surface area (Å²) < 4.78 is 5.34. The van der Waals surface area contributed by atoms with Crippen LogP contribution in [0.1, 0.15) is 23.6 Å². The number of hydrogen-bond donors (Lipinski definition) is 2. The third kappa shape index (κ3) is 4.95. The molecule has 0 spiro atoms. The monoisotopic (exact) mass is 383 g/mol. The van der Waals surface area contributed by atoms with Crippen LogP contribution in [-0.2, 0) is 16.1 Å². The van der Waals surface area contributed by atoms with Gasteiger partial charge >= 0.3 is 12.0 Å². The van der Waals surface area contributed by atoms with Crippen molar-refractivity contribution in [3.63, 3.8) is 0 Å². The molecule has 0 saturated heterocycles. The molecule has 0 fully saturated rings. The third-order valence-corrected chi connectivity index (χ3v) is 4.36. The first kappa shape index (κ1) is 18.7. The van der Waals surface area contributed by atoms with E-state index < -0.39 is 18.0 Å². The van der Waals surface area contributed by atoms with Crippen LogP contribution in [0.4, 0.5) is 4.79 Å². The topological polar surface area (TPSA) is 94.3 Å². The number of esters is 1. The van der Waals surface area contributed by atoms with Gasteiger partial charge in [-0.2, -0.15) is 0 Å². The summed E-state index contributed by atoms with van der Waals surface area (Å²) in [6.07, 6.45) is -0.0500. The van der Waals surface area contributed by atoms with Gasteiger partial charge < -0.3 is 15.8 Å². The van der Waals surface area contributed by atoms with Crippen molar-refractivity contribution < 1.29 is 14.3 Å². The van der Waals surface area contributed by atoms with Gasteiger partial charge in [0.2, 0.25) is 0 Å². The minimum atomic E-state index is -0.710. The van der Waals surface area contributed by atoms with Gasteiger partial charge in [-0.15, -0.1) is 0 Å². The molecule has 7 heteroatoms. The Morgan fingerprint density at radius 2 is 1.81 bits per heavy atom. The number of fused-ring (bicyclic) bond motifs is 1. The van der Waals surface area contributed by atoms with Crippen LogP contribution in [0.2, 0.25) is 5.15 Å². The summed E-state index contributed by atoms with van der Waals surface area (Å²) in [4.78, 5) is 27.8. The summed E-state index contributed by atoms with van der Waals surface area (Å²) in [5, 5.41) is 3.76. The van der Waals surface area contributed by atoms with E-state index in [2.05, 4.69) is 10.3 Å². The average molecular weight is 384 g/mol. The van der Waals surface area contributed by atoms with Crippen LogP contribution in [0.25, 0.3) is 10.9 Å². The predicted octanol–water partition coefficient (Wildman–Crippen LogP) is 3.73. The van der Waals surface area contributed by atoms with Gasteiger partial charge in [-0.1, -0.05) is 60.1 Å². The van der Waals surface area contributed by atoms with Crippen LogP contribution in [0.5, 0.6) is 0 Å². The number of hydrogen-bond acceptors (Lipinski definition) is 4. The van der Waals surface area contributed by atoms with Crippen molar-refractivity contribution in [1.29, 1.82) is 0 Å². The highest BCUT2D eigenvalue weighted by molar-refractivity contribution is 6.30. The number of nitrogens with one attached hydrogen (secondary N) is 1. The van der Waals surface area contributed by atoms with E-state index in [-0.39, 0.29) is 18.2 Å². The summed E-state index contributed by atoms with van der Waals surface area (Å²) in [7, 11) is 0. The lowest BCUT2D eigenvalue weighted by molar-refractivity contribution is -0.145. The number of benzene rings is 2. The van der Waals surface area contributed by atoms with Crippen molar-refractivity contribution in [2.24, 2.45) is 5.73 Å². The zero-order valence-electron chi connectivity index (χ0n) is 14.4. The Morgan fingerprint density at radius 3 is 2.56 bits per heavy atom. The summed E-state index contributed by atoms with van der Waals surface area (Å²) >= 11 is 6.18. The van der Waals surface area contributed by atoms with E-state index in [1.807, 2.05) is 48.5 Å². The number of aromatic nitrogens is 1. The number of halogens is 1. The van der Waals surface area contributed by atoms with Crippen LogP contribution in [-0.4, -0.2) is 17.0 Å². The first-order valence-corrected chi connectivity index (χ1v) is 8.71. The number of primary amides is 1. The SMILES string of the molecule is NC(=O)NC(CC(=O)OCc1cc2ccccc2nc1Cl)c1ccccc1. The maximum Gasteiger partial charge on any atom is 0.312 e. The molecular weight excluding hydrogens is 366 g/mol. The lowest BCUT2D eigenvalue weighted by atomic mass is 10.0. The van der Waals surface area contributed by atoms with Crippen LogP contribution >= 0.6 is 11.6 Å². The summed E-state index contributed by atoms with van der Waals surface area (Å²) in [5.74, 6) is -0.484. The highest BCUT2D eigenvalue weighted by atomic mass is 35.5. The standard InChI is InChI=1S/C20H18ClN3O3/c21-19-15(10-14-8-4-5-9-16(14)23-19)12-27-18(25)11-17(24-20(22)26)13-6-2-1-3-7-13/h1-10,17H,11-12H2,(H3,22,24,26).